The van der Waals surface area contributed by atoms with E-state index in [9.17, 15) is 9.59 Å². The second-order valence-corrected chi connectivity index (χ2v) is 7.08. The molecule has 0 aromatic rings. The van der Waals surface area contributed by atoms with Crippen LogP contribution in [0.3, 0.4) is 0 Å². The van der Waals surface area contributed by atoms with Gasteiger partial charge >= 0.3 is 12.2 Å². The minimum atomic E-state index is -0.941. The van der Waals surface area contributed by atoms with Crippen molar-refractivity contribution in [2.24, 2.45) is 0 Å². The van der Waals surface area contributed by atoms with Gasteiger partial charge in [-0.15, -0.1) is 11.6 Å². The molecule has 0 heterocycles. The van der Waals surface area contributed by atoms with E-state index >= 15 is 0 Å². The third-order valence-corrected chi connectivity index (χ3v) is 1.68. The van der Waals surface area contributed by atoms with Gasteiger partial charge in [-0.3, -0.25) is 4.84 Å². The molecule has 0 spiro atoms. The number of amides is 2. The largest absolute Gasteiger partial charge is 0.444 e. The molecule has 0 saturated heterocycles. The zero-order chi connectivity index (χ0) is 16.1. The summed E-state index contributed by atoms with van der Waals surface area (Å²) in [5, 5.41) is 0.0809. The number of carbonyl (C=O) groups is 2. The zero-order valence-corrected chi connectivity index (χ0v) is 13.9. The van der Waals surface area contributed by atoms with Crippen LogP contribution >= 0.6 is 11.6 Å². The predicted octanol–water partition coefficient (Wildman–Crippen LogP) is 3.72. The standard InChI is InChI=1S/C13H24ClNO5/c1-9(14)8-18-15(10(16)19-12(2,3)4)11(17)20-13(5,6)7/h9H,8H2,1-7H3. The van der Waals surface area contributed by atoms with Crippen molar-refractivity contribution in [3.8, 4) is 0 Å². The number of carbonyl (C=O) groups excluding carboxylic acids is 2. The third-order valence-electron chi connectivity index (χ3n) is 1.55. The first-order valence-electron chi connectivity index (χ1n) is 6.35. The monoisotopic (exact) mass is 309 g/mol. The maximum atomic E-state index is 11.9. The van der Waals surface area contributed by atoms with Crippen molar-refractivity contribution < 1.29 is 23.9 Å². The Hall–Kier alpha value is -1.01. The van der Waals surface area contributed by atoms with Crippen LogP contribution in [0.25, 0.3) is 0 Å². The van der Waals surface area contributed by atoms with Gasteiger partial charge in [0.2, 0.25) is 0 Å². The van der Waals surface area contributed by atoms with Crippen molar-refractivity contribution in [1.82, 2.24) is 5.06 Å². The molecule has 1 unspecified atom stereocenters. The number of hydroxylamine groups is 2. The first-order valence-corrected chi connectivity index (χ1v) is 6.78. The van der Waals surface area contributed by atoms with Gasteiger partial charge in [-0.2, -0.15) is 0 Å². The van der Waals surface area contributed by atoms with Gasteiger partial charge in [0.05, 0.1) is 12.0 Å². The van der Waals surface area contributed by atoms with E-state index in [1.807, 2.05) is 0 Å². The van der Waals surface area contributed by atoms with Crippen LogP contribution < -0.4 is 0 Å². The third kappa shape index (κ3) is 8.98. The van der Waals surface area contributed by atoms with Crippen LogP contribution in [-0.4, -0.2) is 40.4 Å². The van der Waals surface area contributed by atoms with Gasteiger partial charge in [0.1, 0.15) is 11.2 Å². The lowest BCUT2D eigenvalue weighted by molar-refractivity contribution is -0.137. The van der Waals surface area contributed by atoms with Gasteiger partial charge < -0.3 is 9.47 Å². The second-order valence-electron chi connectivity index (χ2n) is 6.33. The fourth-order valence-electron chi connectivity index (χ4n) is 0.964. The quantitative estimate of drug-likeness (QED) is 0.587. The highest BCUT2D eigenvalue weighted by molar-refractivity contribution is 6.20. The van der Waals surface area contributed by atoms with Gasteiger partial charge in [0.15, 0.2) is 0 Å². The number of hydrogen-bond acceptors (Lipinski definition) is 5. The van der Waals surface area contributed by atoms with E-state index in [0.717, 1.165) is 0 Å². The molecule has 0 N–H and O–H groups in total. The van der Waals surface area contributed by atoms with Crippen LogP contribution in [0.4, 0.5) is 9.59 Å². The minimum absolute atomic E-state index is 0.0277. The fraction of sp³-hybridized carbons (Fsp3) is 0.846. The van der Waals surface area contributed by atoms with E-state index in [1.165, 1.54) is 0 Å². The zero-order valence-electron chi connectivity index (χ0n) is 13.2. The molecule has 0 fully saturated rings. The lowest BCUT2D eigenvalue weighted by atomic mass is 10.2. The number of halogens is 1. The first-order chi connectivity index (χ1) is 8.82. The van der Waals surface area contributed by atoms with Crippen molar-refractivity contribution in [2.45, 2.75) is 65.0 Å². The van der Waals surface area contributed by atoms with E-state index < -0.39 is 23.4 Å². The van der Waals surface area contributed by atoms with Gasteiger partial charge in [0.25, 0.3) is 0 Å². The van der Waals surface area contributed by atoms with Gasteiger partial charge in [-0.25, -0.2) is 9.59 Å². The Balaban J connectivity index is 4.88. The van der Waals surface area contributed by atoms with Crippen molar-refractivity contribution in [2.75, 3.05) is 6.61 Å². The summed E-state index contributed by atoms with van der Waals surface area (Å²) in [7, 11) is 0. The second kappa shape index (κ2) is 7.13. The molecule has 0 aromatic carbocycles. The van der Waals surface area contributed by atoms with Gasteiger partial charge in [-0.05, 0) is 48.5 Å². The van der Waals surface area contributed by atoms with Crippen LogP contribution in [0.15, 0.2) is 0 Å². The maximum Gasteiger partial charge on any atom is 0.444 e. The lowest BCUT2D eigenvalue weighted by Crippen LogP contribution is -2.44. The smallest absolute Gasteiger partial charge is 0.442 e. The summed E-state index contributed by atoms with van der Waals surface area (Å²) in [6.07, 6.45) is -1.88. The molecule has 0 rings (SSSR count). The molecule has 0 aliphatic carbocycles. The lowest BCUT2D eigenvalue weighted by Gasteiger charge is -2.27. The van der Waals surface area contributed by atoms with E-state index in [1.54, 1.807) is 48.5 Å². The van der Waals surface area contributed by atoms with E-state index in [2.05, 4.69) is 0 Å². The number of rotatable bonds is 3. The molecule has 0 bridgehead atoms. The maximum absolute atomic E-state index is 11.9. The molecule has 0 radical (unpaired) electrons. The number of ether oxygens (including phenoxy) is 2. The highest BCUT2D eigenvalue weighted by Crippen LogP contribution is 2.15. The summed E-state index contributed by atoms with van der Waals surface area (Å²) in [5.74, 6) is 0. The molecule has 0 aliphatic heterocycles. The highest BCUT2D eigenvalue weighted by atomic mass is 35.5. The van der Waals surface area contributed by atoms with Crippen molar-refractivity contribution >= 4 is 23.8 Å². The van der Waals surface area contributed by atoms with Crippen LogP contribution in [0, 0.1) is 0 Å². The fourth-order valence-corrected chi connectivity index (χ4v) is 1.02. The minimum Gasteiger partial charge on any atom is -0.442 e. The van der Waals surface area contributed by atoms with Crippen molar-refractivity contribution in [1.29, 1.82) is 0 Å². The van der Waals surface area contributed by atoms with Crippen molar-refractivity contribution in [3.63, 3.8) is 0 Å². The molecule has 0 aromatic heterocycles. The summed E-state index contributed by atoms with van der Waals surface area (Å²) in [6, 6.07) is 0. The molecule has 7 heteroatoms. The van der Waals surface area contributed by atoms with Gasteiger partial charge in [-0.1, -0.05) is 5.06 Å². The van der Waals surface area contributed by atoms with E-state index in [0.29, 0.717) is 5.06 Å². The number of nitrogens with zero attached hydrogens (tertiary/aromatic N) is 1. The Morgan fingerprint density at radius 1 is 1.00 bits per heavy atom. The molecule has 118 valence electrons. The summed E-state index contributed by atoms with van der Waals surface area (Å²) in [5.41, 5.74) is -1.51. The van der Waals surface area contributed by atoms with E-state index in [-0.39, 0.29) is 12.0 Å². The molecule has 1 atom stereocenters. The Morgan fingerprint density at radius 2 is 1.35 bits per heavy atom. The number of alkyl halides is 1. The summed E-state index contributed by atoms with van der Waals surface area (Å²) < 4.78 is 10.2. The topological polar surface area (TPSA) is 65.1 Å². The number of imide groups is 1. The molecular weight excluding hydrogens is 286 g/mol. The predicted molar refractivity (Wildman–Crippen MR) is 75.6 cm³/mol. The summed E-state index contributed by atoms with van der Waals surface area (Å²) in [4.78, 5) is 28.9. The Kier molecular flexibility index (Phi) is 6.77. The average molecular weight is 310 g/mol. The first kappa shape index (κ1) is 19.0. The Morgan fingerprint density at radius 3 is 1.60 bits per heavy atom. The summed E-state index contributed by atoms with van der Waals surface area (Å²) >= 11 is 5.74. The molecule has 2 amide bonds. The summed E-state index contributed by atoms with van der Waals surface area (Å²) in [6.45, 7) is 11.7. The highest BCUT2D eigenvalue weighted by Gasteiger charge is 2.32. The number of hydrogen-bond donors (Lipinski definition) is 0. The normalized spacial score (nSPS) is 13.6. The Bertz CT molecular complexity index is 316. The van der Waals surface area contributed by atoms with Crippen LogP contribution in [0.5, 0.6) is 0 Å². The van der Waals surface area contributed by atoms with Crippen LogP contribution in [0.1, 0.15) is 48.5 Å². The van der Waals surface area contributed by atoms with Crippen LogP contribution in [-0.2, 0) is 14.3 Å². The van der Waals surface area contributed by atoms with Crippen molar-refractivity contribution in [3.05, 3.63) is 0 Å². The Labute approximate surface area is 125 Å². The molecule has 0 aliphatic rings. The molecule has 6 nitrogen and oxygen atoms in total. The molecule has 20 heavy (non-hydrogen) atoms. The van der Waals surface area contributed by atoms with E-state index in [4.69, 9.17) is 25.9 Å². The molecule has 0 saturated carbocycles. The SMILES string of the molecule is CC(Cl)CON(C(=O)OC(C)(C)C)C(=O)OC(C)(C)C. The van der Waals surface area contributed by atoms with Crippen LogP contribution in [0.2, 0.25) is 0 Å². The molecular formula is C13H24ClNO5. The average Bonchev–Trinajstić information content (AvgIpc) is 2.10. The van der Waals surface area contributed by atoms with Gasteiger partial charge in [0, 0.05) is 0 Å².